The van der Waals surface area contributed by atoms with Crippen molar-refractivity contribution in [1.29, 1.82) is 0 Å². The van der Waals surface area contributed by atoms with E-state index in [9.17, 15) is 18.4 Å². The first kappa shape index (κ1) is 27.5. The molecule has 11 nitrogen and oxygen atoms in total. The van der Waals surface area contributed by atoms with Gasteiger partial charge in [-0.1, -0.05) is 11.6 Å². The van der Waals surface area contributed by atoms with Gasteiger partial charge >= 0.3 is 6.61 Å². The van der Waals surface area contributed by atoms with E-state index < -0.39 is 12.5 Å². The quantitative estimate of drug-likeness (QED) is 0.293. The lowest BCUT2D eigenvalue weighted by molar-refractivity contribution is -0.118. The molecule has 1 fully saturated rings. The van der Waals surface area contributed by atoms with E-state index in [1.165, 1.54) is 28.9 Å². The minimum Gasteiger partial charge on any atom is -0.434 e. The SMILES string of the molecule is NC(=O)CCCN1CCC(n2cc(NC(=O)c3cnn4cccnc34)c(-c3cc(Cl)ccc3OC(F)F)n2)CC1. The van der Waals surface area contributed by atoms with Crippen LogP contribution in [0.25, 0.3) is 16.9 Å². The Balaban J connectivity index is 1.44. The molecule has 14 heteroatoms. The van der Waals surface area contributed by atoms with Gasteiger partial charge in [-0.05, 0) is 50.1 Å². The molecule has 5 rings (SSSR count). The Morgan fingerprint density at radius 1 is 1.25 bits per heavy atom. The van der Waals surface area contributed by atoms with E-state index in [0.717, 1.165) is 32.5 Å². The molecular weight excluding hydrogens is 546 g/mol. The van der Waals surface area contributed by atoms with Crippen molar-refractivity contribution in [2.45, 2.75) is 38.3 Å². The Labute approximate surface area is 232 Å². The fraction of sp³-hybridized carbons (Fsp3) is 0.346. The summed E-state index contributed by atoms with van der Waals surface area (Å²) in [5.74, 6) is -0.927. The molecule has 2 amide bonds. The molecule has 3 aromatic heterocycles. The Kier molecular flexibility index (Phi) is 8.21. The number of ether oxygens (including phenoxy) is 1. The van der Waals surface area contributed by atoms with Crippen molar-refractivity contribution in [3.63, 3.8) is 0 Å². The van der Waals surface area contributed by atoms with Crippen LogP contribution in [-0.4, -0.2) is 67.3 Å². The normalized spacial score (nSPS) is 14.6. The zero-order chi connectivity index (χ0) is 28.2. The van der Waals surface area contributed by atoms with Crippen molar-refractivity contribution in [1.82, 2.24) is 29.3 Å². The summed E-state index contributed by atoms with van der Waals surface area (Å²) >= 11 is 6.22. The molecule has 210 valence electrons. The largest absolute Gasteiger partial charge is 0.434 e. The molecule has 4 aromatic rings. The summed E-state index contributed by atoms with van der Waals surface area (Å²) in [6.07, 6.45) is 8.88. The number of nitrogens with two attached hydrogens (primary N) is 1. The van der Waals surface area contributed by atoms with E-state index in [2.05, 4.69) is 20.3 Å². The third-order valence-electron chi connectivity index (χ3n) is 6.75. The van der Waals surface area contributed by atoms with Crippen LogP contribution in [-0.2, 0) is 4.79 Å². The van der Waals surface area contributed by atoms with Crippen LogP contribution in [0.2, 0.25) is 5.02 Å². The fourth-order valence-electron chi connectivity index (χ4n) is 4.82. The molecule has 1 aliphatic rings. The highest BCUT2D eigenvalue weighted by Crippen LogP contribution is 2.38. The number of halogens is 3. The minimum absolute atomic E-state index is 0.00547. The average Bonchev–Trinajstić information content (AvgIpc) is 3.54. The summed E-state index contributed by atoms with van der Waals surface area (Å²) in [6.45, 7) is -0.730. The van der Waals surface area contributed by atoms with Gasteiger partial charge in [0.05, 0.1) is 17.9 Å². The predicted octanol–water partition coefficient (Wildman–Crippen LogP) is 4.00. The molecule has 0 radical (unpaired) electrons. The predicted molar refractivity (Wildman–Crippen MR) is 143 cm³/mol. The number of likely N-dealkylation sites (tertiary alicyclic amines) is 1. The van der Waals surface area contributed by atoms with Gasteiger partial charge < -0.3 is 20.7 Å². The lowest BCUT2D eigenvalue weighted by Crippen LogP contribution is -2.35. The molecule has 40 heavy (non-hydrogen) atoms. The molecule has 0 atom stereocenters. The standard InChI is InChI=1S/C26H27ClF2N8O3/c27-16-4-5-21(40-26(28)29)18(13-16)23-20(33-25(39)19-14-32-36-10-2-8-31-24(19)36)15-37(34-23)17-6-11-35(12-7-17)9-1-3-22(30)38/h2,4-5,8,10,13-15,17,26H,1,3,6-7,9,11-12H2,(H2,30,38)(H,33,39). The zero-order valence-corrected chi connectivity index (χ0v) is 22.1. The Bertz CT molecular complexity index is 1520. The summed E-state index contributed by atoms with van der Waals surface area (Å²) in [6, 6.07) is 5.94. The summed E-state index contributed by atoms with van der Waals surface area (Å²) in [5, 5.41) is 12.0. The van der Waals surface area contributed by atoms with Gasteiger partial charge in [0.15, 0.2) is 5.65 Å². The highest BCUT2D eigenvalue weighted by atomic mass is 35.5. The molecule has 0 bridgehead atoms. The maximum absolute atomic E-state index is 13.3. The smallest absolute Gasteiger partial charge is 0.387 e. The van der Waals surface area contributed by atoms with Crippen molar-refractivity contribution < 1.29 is 23.1 Å². The summed E-state index contributed by atoms with van der Waals surface area (Å²) < 4.78 is 34.4. The molecular formula is C26H27ClF2N8O3. The number of carbonyl (C=O) groups is 2. The van der Waals surface area contributed by atoms with Crippen LogP contribution in [0.5, 0.6) is 5.75 Å². The average molecular weight is 573 g/mol. The zero-order valence-electron chi connectivity index (χ0n) is 21.3. The van der Waals surface area contributed by atoms with Crippen LogP contribution in [0, 0.1) is 0 Å². The molecule has 0 aliphatic carbocycles. The molecule has 0 spiro atoms. The third kappa shape index (κ3) is 6.20. The number of nitrogens with one attached hydrogen (secondary N) is 1. The van der Waals surface area contributed by atoms with Crippen molar-refractivity contribution >= 4 is 34.7 Å². The topological polar surface area (TPSA) is 133 Å². The van der Waals surface area contributed by atoms with E-state index in [4.69, 9.17) is 27.2 Å². The number of hydrogen-bond acceptors (Lipinski definition) is 7. The Hall–Kier alpha value is -4.10. The number of carbonyl (C=O) groups excluding carboxylic acids is 2. The monoisotopic (exact) mass is 572 g/mol. The maximum Gasteiger partial charge on any atom is 0.387 e. The van der Waals surface area contributed by atoms with Crippen LogP contribution >= 0.6 is 11.6 Å². The summed E-state index contributed by atoms with van der Waals surface area (Å²) in [4.78, 5) is 30.9. The lowest BCUT2D eigenvalue weighted by Gasteiger charge is -2.31. The van der Waals surface area contributed by atoms with Gasteiger partial charge in [0.1, 0.15) is 17.0 Å². The highest BCUT2D eigenvalue weighted by molar-refractivity contribution is 6.31. The van der Waals surface area contributed by atoms with Crippen molar-refractivity contribution in [3.05, 3.63) is 59.6 Å². The first-order valence-electron chi connectivity index (χ1n) is 12.7. The molecule has 1 aliphatic heterocycles. The number of rotatable bonds is 10. The second-order valence-corrected chi connectivity index (χ2v) is 9.87. The molecule has 1 saturated heterocycles. The van der Waals surface area contributed by atoms with E-state index in [1.807, 2.05) is 0 Å². The van der Waals surface area contributed by atoms with Crippen LogP contribution in [0.1, 0.15) is 42.1 Å². The number of amides is 2. The van der Waals surface area contributed by atoms with Crippen LogP contribution < -0.4 is 15.8 Å². The van der Waals surface area contributed by atoms with Gasteiger partial charge in [-0.15, -0.1) is 0 Å². The first-order valence-corrected chi connectivity index (χ1v) is 13.1. The second-order valence-electron chi connectivity index (χ2n) is 9.43. The number of hydrogen-bond donors (Lipinski definition) is 2. The molecule has 1 aromatic carbocycles. The van der Waals surface area contributed by atoms with Crippen LogP contribution in [0.15, 0.2) is 49.1 Å². The number of anilines is 1. The molecule has 0 unspecified atom stereocenters. The Morgan fingerprint density at radius 3 is 2.80 bits per heavy atom. The highest BCUT2D eigenvalue weighted by Gasteiger charge is 2.26. The second kappa shape index (κ2) is 12.0. The van der Waals surface area contributed by atoms with Crippen molar-refractivity contribution in [2.24, 2.45) is 5.73 Å². The number of benzene rings is 1. The number of fused-ring (bicyclic) bond motifs is 1. The van der Waals surface area contributed by atoms with Gasteiger partial charge in [0.2, 0.25) is 5.91 Å². The van der Waals surface area contributed by atoms with E-state index in [-0.39, 0.29) is 34.5 Å². The molecule has 4 heterocycles. The number of primary amides is 1. The summed E-state index contributed by atoms with van der Waals surface area (Å²) in [7, 11) is 0. The van der Waals surface area contributed by atoms with Gasteiger partial charge in [0, 0.05) is 48.7 Å². The number of piperidine rings is 1. The molecule has 3 N–H and O–H groups in total. The lowest BCUT2D eigenvalue weighted by atomic mass is 10.0. The van der Waals surface area contributed by atoms with Gasteiger partial charge in [-0.2, -0.15) is 19.0 Å². The van der Waals surface area contributed by atoms with E-state index >= 15 is 0 Å². The third-order valence-corrected chi connectivity index (χ3v) is 6.98. The van der Waals surface area contributed by atoms with Gasteiger partial charge in [-0.3, -0.25) is 14.3 Å². The van der Waals surface area contributed by atoms with Gasteiger partial charge in [0.25, 0.3) is 5.91 Å². The number of nitrogens with zero attached hydrogens (tertiary/aromatic N) is 6. The first-order chi connectivity index (χ1) is 19.3. The van der Waals surface area contributed by atoms with E-state index in [0.29, 0.717) is 29.2 Å². The van der Waals surface area contributed by atoms with Crippen LogP contribution in [0.3, 0.4) is 0 Å². The number of alkyl halides is 2. The maximum atomic E-state index is 13.3. The molecule has 0 saturated carbocycles. The fourth-order valence-corrected chi connectivity index (χ4v) is 4.99. The summed E-state index contributed by atoms with van der Waals surface area (Å²) in [5.41, 5.74) is 6.59. The van der Waals surface area contributed by atoms with Crippen LogP contribution in [0.4, 0.5) is 14.5 Å². The van der Waals surface area contributed by atoms with E-state index in [1.54, 1.807) is 29.3 Å². The van der Waals surface area contributed by atoms with Crippen molar-refractivity contribution in [2.75, 3.05) is 25.0 Å². The number of aromatic nitrogens is 5. The van der Waals surface area contributed by atoms with Crippen molar-refractivity contribution in [3.8, 4) is 17.0 Å². The van der Waals surface area contributed by atoms with Gasteiger partial charge in [-0.25, -0.2) is 9.50 Å². The Morgan fingerprint density at radius 2 is 2.05 bits per heavy atom. The minimum atomic E-state index is -3.07.